The van der Waals surface area contributed by atoms with Crippen LogP contribution in [0.1, 0.15) is 84.5 Å². The molecule has 1 amide bonds. The highest BCUT2D eigenvalue weighted by atomic mass is 16.2. The first-order chi connectivity index (χ1) is 9.64. The number of nitrogens with two attached hydrogens (primary N) is 1. The summed E-state index contributed by atoms with van der Waals surface area (Å²) in [4.78, 5) is 14.9. The third-order valence-corrected chi connectivity index (χ3v) is 4.52. The normalized spacial score (nSPS) is 17.9. The van der Waals surface area contributed by atoms with Crippen molar-refractivity contribution in [1.29, 1.82) is 0 Å². The Morgan fingerprint density at radius 1 is 0.950 bits per heavy atom. The van der Waals surface area contributed by atoms with Gasteiger partial charge in [0, 0.05) is 13.1 Å². The van der Waals surface area contributed by atoms with Crippen molar-refractivity contribution in [3.63, 3.8) is 0 Å². The van der Waals surface area contributed by atoms with Gasteiger partial charge in [-0.15, -0.1) is 0 Å². The van der Waals surface area contributed by atoms with E-state index in [-0.39, 0.29) is 5.91 Å². The molecular weight excluding hydrogens is 248 g/mol. The molecule has 0 spiro atoms. The predicted octanol–water partition coefficient (Wildman–Crippen LogP) is 3.86. The highest BCUT2D eigenvalue weighted by Gasteiger charge is 2.37. The molecule has 0 heterocycles. The van der Waals surface area contributed by atoms with Crippen molar-refractivity contribution >= 4 is 5.91 Å². The van der Waals surface area contributed by atoms with Gasteiger partial charge in [0.2, 0.25) is 5.91 Å². The lowest BCUT2D eigenvalue weighted by Gasteiger charge is -2.37. The molecule has 0 aromatic carbocycles. The SMILES string of the molecule is CCCCCN(CCCCC)C(=O)C1(N)CCCCC1. The minimum Gasteiger partial charge on any atom is -0.341 e. The maximum atomic E-state index is 12.8. The van der Waals surface area contributed by atoms with Crippen molar-refractivity contribution in [2.24, 2.45) is 5.73 Å². The summed E-state index contributed by atoms with van der Waals surface area (Å²) in [6, 6.07) is 0. The lowest BCUT2D eigenvalue weighted by Crippen LogP contribution is -2.56. The van der Waals surface area contributed by atoms with Crippen molar-refractivity contribution < 1.29 is 4.79 Å². The van der Waals surface area contributed by atoms with E-state index in [1.54, 1.807) is 0 Å². The van der Waals surface area contributed by atoms with Crippen LogP contribution in [0.5, 0.6) is 0 Å². The fourth-order valence-corrected chi connectivity index (χ4v) is 3.13. The first kappa shape index (κ1) is 17.5. The van der Waals surface area contributed by atoms with Crippen LogP contribution >= 0.6 is 0 Å². The fraction of sp³-hybridized carbons (Fsp3) is 0.941. The van der Waals surface area contributed by atoms with E-state index in [0.717, 1.165) is 51.6 Å². The van der Waals surface area contributed by atoms with Crippen molar-refractivity contribution in [2.45, 2.75) is 90.0 Å². The third-order valence-electron chi connectivity index (χ3n) is 4.52. The van der Waals surface area contributed by atoms with Crippen LogP contribution in [0.15, 0.2) is 0 Å². The molecule has 0 atom stereocenters. The number of unbranched alkanes of at least 4 members (excludes halogenated alkanes) is 4. The second kappa shape index (κ2) is 9.38. The Kier molecular flexibility index (Phi) is 8.20. The summed E-state index contributed by atoms with van der Waals surface area (Å²) in [6.45, 7) is 6.20. The first-order valence-electron chi connectivity index (χ1n) is 8.72. The molecule has 1 aliphatic carbocycles. The summed E-state index contributed by atoms with van der Waals surface area (Å²) in [7, 11) is 0. The van der Waals surface area contributed by atoms with Crippen LogP contribution in [0.4, 0.5) is 0 Å². The van der Waals surface area contributed by atoms with Gasteiger partial charge in [-0.25, -0.2) is 0 Å². The van der Waals surface area contributed by atoms with Gasteiger partial charge in [0.25, 0.3) is 0 Å². The van der Waals surface area contributed by atoms with Gasteiger partial charge in [0.15, 0.2) is 0 Å². The maximum absolute atomic E-state index is 12.8. The summed E-state index contributed by atoms with van der Waals surface area (Å²) in [5.74, 6) is 0.226. The standard InChI is InChI=1S/C17H34N2O/c1-3-5-10-14-19(15-11-6-4-2)16(20)17(18)12-8-7-9-13-17/h3-15,18H2,1-2H3. The summed E-state index contributed by atoms with van der Waals surface area (Å²) in [5, 5.41) is 0. The monoisotopic (exact) mass is 282 g/mol. The van der Waals surface area contributed by atoms with Crippen LogP contribution in [0.25, 0.3) is 0 Å². The molecule has 0 aliphatic heterocycles. The Labute approximate surface area is 125 Å². The van der Waals surface area contributed by atoms with Crippen molar-refractivity contribution in [2.75, 3.05) is 13.1 Å². The van der Waals surface area contributed by atoms with Crippen LogP contribution in [-0.4, -0.2) is 29.4 Å². The van der Waals surface area contributed by atoms with E-state index in [0.29, 0.717) is 0 Å². The van der Waals surface area contributed by atoms with Crippen LogP contribution in [0.2, 0.25) is 0 Å². The molecule has 0 aromatic rings. The molecule has 1 rings (SSSR count). The summed E-state index contributed by atoms with van der Waals surface area (Å²) >= 11 is 0. The van der Waals surface area contributed by atoms with Crippen LogP contribution < -0.4 is 5.73 Å². The van der Waals surface area contributed by atoms with Crippen molar-refractivity contribution in [3.8, 4) is 0 Å². The number of carbonyl (C=O) groups excluding carboxylic acids is 1. The molecule has 3 nitrogen and oxygen atoms in total. The van der Waals surface area contributed by atoms with Gasteiger partial charge in [-0.3, -0.25) is 4.79 Å². The summed E-state index contributed by atoms with van der Waals surface area (Å²) in [5.41, 5.74) is 5.86. The Balaban J connectivity index is 2.56. The highest BCUT2D eigenvalue weighted by Crippen LogP contribution is 2.28. The average molecular weight is 282 g/mol. The average Bonchev–Trinajstić information content (AvgIpc) is 2.46. The number of hydrogen-bond donors (Lipinski definition) is 1. The summed E-state index contributed by atoms with van der Waals surface area (Å²) < 4.78 is 0. The van der Waals surface area contributed by atoms with Gasteiger partial charge < -0.3 is 10.6 Å². The maximum Gasteiger partial charge on any atom is 0.242 e. The molecule has 0 radical (unpaired) electrons. The zero-order valence-corrected chi connectivity index (χ0v) is 13.6. The van der Waals surface area contributed by atoms with E-state index in [9.17, 15) is 4.79 Å². The summed E-state index contributed by atoms with van der Waals surface area (Å²) in [6.07, 6.45) is 12.3. The van der Waals surface area contributed by atoms with E-state index in [2.05, 4.69) is 18.7 Å². The second-order valence-corrected chi connectivity index (χ2v) is 6.42. The minimum atomic E-state index is -0.559. The van der Waals surface area contributed by atoms with E-state index in [4.69, 9.17) is 5.73 Å². The first-order valence-corrected chi connectivity index (χ1v) is 8.72. The molecule has 0 saturated heterocycles. The van der Waals surface area contributed by atoms with Crippen LogP contribution in [0.3, 0.4) is 0 Å². The van der Waals surface area contributed by atoms with Gasteiger partial charge in [-0.05, 0) is 25.7 Å². The lowest BCUT2D eigenvalue weighted by molar-refractivity contribution is -0.138. The highest BCUT2D eigenvalue weighted by molar-refractivity contribution is 5.86. The Bertz CT molecular complexity index is 262. The quantitative estimate of drug-likeness (QED) is 0.653. The number of nitrogens with zero attached hydrogens (tertiary/aromatic N) is 1. The predicted molar refractivity (Wildman–Crippen MR) is 85.6 cm³/mol. The van der Waals surface area contributed by atoms with E-state index < -0.39 is 5.54 Å². The van der Waals surface area contributed by atoms with Gasteiger partial charge in [-0.1, -0.05) is 58.8 Å². The molecule has 0 aromatic heterocycles. The third kappa shape index (κ3) is 5.43. The van der Waals surface area contributed by atoms with Gasteiger partial charge >= 0.3 is 0 Å². The zero-order valence-electron chi connectivity index (χ0n) is 13.6. The van der Waals surface area contributed by atoms with Gasteiger partial charge in [0.1, 0.15) is 0 Å². The molecule has 1 aliphatic rings. The van der Waals surface area contributed by atoms with E-state index in [1.165, 1.54) is 32.1 Å². The molecule has 2 N–H and O–H groups in total. The number of carbonyl (C=O) groups is 1. The lowest BCUT2D eigenvalue weighted by atomic mass is 9.81. The molecule has 3 heteroatoms. The molecule has 118 valence electrons. The molecular formula is C17H34N2O. The minimum absolute atomic E-state index is 0.226. The van der Waals surface area contributed by atoms with E-state index in [1.807, 2.05) is 0 Å². The van der Waals surface area contributed by atoms with Gasteiger partial charge in [-0.2, -0.15) is 0 Å². The van der Waals surface area contributed by atoms with Crippen LogP contribution in [-0.2, 0) is 4.79 Å². The molecule has 1 fully saturated rings. The fourth-order valence-electron chi connectivity index (χ4n) is 3.13. The van der Waals surface area contributed by atoms with E-state index >= 15 is 0 Å². The number of hydrogen-bond acceptors (Lipinski definition) is 2. The van der Waals surface area contributed by atoms with Gasteiger partial charge in [0.05, 0.1) is 5.54 Å². The molecule has 0 unspecified atom stereocenters. The number of amides is 1. The van der Waals surface area contributed by atoms with Crippen molar-refractivity contribution in [3.05, 3.63) is 0 Å². The largest absolute Gasteiger partial charge is 0.341 e. The molecule has 20 heavy (non-hydrogen) atoms. The Morgan fingerprint density at radius 3 is 1.90 bits per heavy atom. The Hall–Kier alpha value is -0.570. The smallest absolute Gasteiger partial charge is 0.242 e. The topological polar surface area (TPSA) is 46.3 Å². The number of rotatable bonds is 9. The zero-order chi connectivity index (χ0) is 14.8. The Morgan fingerprint density at radius 2 is 1.45 bits per heavy atom. The molecule has 0 bridgehead atoms. The van der Waals surface area contributed by atoms with Crippen LogP contribution in [0, 0.1) is 0 Å². The second-order valence-electron chi connectivity index (χ2n) is 6.42. The van der Waals surface area contributed by atoms with Crippen molar-refractivity contribution in [1.82, 2.24) is 4.90 Å². The molecule has 1 saturated carbocycles.